The predicted molar refractivity (Wildman–Crippen MR) is 155 cm³/mol. The van der Waals surface area contributed by atoms with Crippen LogP contribution in [0.2, 0.25) is 0 Å². The molecule has 0 aliphatic carbocycles. The van der Waals surface area contributed by atoms with E-state index in [1.807, 2.05) is 27.8 Å². The van der Waals surface area contributed by atoms with Crippen LogP contribution in [0.15, 0.2) is 6.07 Å². The first-order chi connectivity index (χ1) is 20.6. The Morgan fingerprint density at radius 1 is 1.16 bits per heavy atom. The number of piperazine rings is 1. The van der Waals surface area contributed by atoms with Crippen molar-refractivity contribution in [2.75, 3.05) is 27.5 Å². The van der Waals surface area contributed by atoms with Crippen molar-refractivity contribution in [1.29, 1.82) is 5.26 Å². The standard InChI is InChI=1S/C32H38N4O7/c1-7-8-24(38)34-13-23-26-19(30(43-17(4)37)16(3)31-32(26)42-14-41-31)11-21-27-25-18(9-15(2)29(40-6)28(25)39)10-20(35(27)5)22(12-33)36(21)23/h9,20-23,27,39H,7-8,10-11,13-14H2,1-6H3,(H,34,38)/t20-,21?,22-,23-,27?/m0/s1. The third-order valence-corrected chi connectivity index (χ3v) is 9.48. The van der Waals surface area contributed by atoms with Crippen LogP contribution in [0.3, 0.4) is 0 Å². The van der Waals surface area contributed by atoms with Crippen LogP contribution in [-0.2, 0) is 22.4 Å². The summed E-state index contributed by atoms with van der Waals surface area (Å²) in [4.78, 5) is 29.5. The van der Waals surface area contributed by atoms with Gasteiger partial charge in [0, 0.05) is 54.2 Å². The van der Waals surface area contributed by atoms with Crippen molar-refractivity contribution >= 4 is 11.9 Å². The molecule has 0 saturated carbocycles. The number of likely N-dealkylation sites (N-methyl/N-ethyl adjacent to an activating group) is 1. The molecule has 2 aromatic carbocycles. The Labute approximate surface area is 251 Å². The molecule has 6 rings (SSSR count). The maximum atomic E-state index is 12.8. The summed E-state index contributed by atoms with van der Waals surface area (Å²) in [5.74, 6) is 1.45. The Bertz CT molecular complexity index is 1550. The summed E-state index contributed by atoms with van der Waals surface area (Å²) >= 11 is 0. The van der Waals surface area contributed by atoms with E-state index in [4.69, 9.17) is 18.9 Å². The van der Waals surface area contributed by atoms with Crippen molar-refractivity contribution in [2.24, 2.45) is 0 Å². The minimum absolute atomic E-state index is 0.0144. The zero-order valence-electron chi connectivity index (χ0n) is 25.4. The van der Waals surface area contributed by atoms with Gasteiger partial charge in [-0.1, -0.05) is 13.0 Å². The predicted octanol–water partition coefficient (Wildman–Crippen LogP) is 3.36. The Hall–Kier alpha value is -4.01. The smallest absolute Gasteiger partial charge is 0.308 e. The largest absolute Gasteiger partial charge is 0.504 e. The van der Waals surface area contributed by atoms with Gasteiger partial charge in [-0.05, 0) is 51.3 Å². The molecule has 2 unspecified atom stereocenters. The fourth-order valence-corrected chi connectivity index (χ4v) is 7.84. The van der Waals surface area contributed by atoms with E-state index in [9.17, 15) is 20.0 Å². The molecule has 4 aliphatic rings. The zero-order chi connectivity index (χ0) is 30.7. The lowest BCUT2D eigenvalue weighted by Crippen LogP contribution is -2.68. The van der Waals surface area contributed by atoms with E-state index in [-0.39, 0.29) is 43.1 Å². The van der Waals surface area contributed by atoms with Gasteiger partial charge in [0.05, 0.1) is 25.3 Å². The summed E-state index contributed by atoms with van der Waals surface area (Å²) in [7, 11) is 3.54. The molecular weight excluding hydrogens is 552 g/mol. The van der Waals surface area contributed by atoms with Crippen LogP contribution in [0, 0.1) is 25.2 Å². The molecule has 4 aliphatic heterocycles. The van der Waals surface area contributed by atoms with Gasteiger partial charge in [0.15, 0.2) is 23.0 Å². The number of hydrogen-bond donors (Lipinski definition) is 2. The first kappa shape index (κ1) is 29.1. The number of carbonyl (C=O) groups excluding carboxylic acids is 2. The monoisotopic (exact) mass is 590 g/mol. The van der Waals surface area contributed by atoms with Crippen LogP contribution in [0.5, 0.6) is 28.7 Å². The molecule has 11 nitrogen and oxygen atoms in total. The molecule has 5 atom stereocenters. The van der Waals surface area contributed by atoms with E-state index < -0.39 is 18.1 Å². The van der Waals surface area contributed by atoms with Crippen LogP contribution in [0.25, 0.3) is 0 Å². The van der Waals surface area contributed by atoms with Crippen molar-refractivity contribution in [3.8, 4) is 34.8 Å². The Morgan fingerprint density at radius 2 is 1.91 bits per heavy atom. The van der Waals surface area contributed by atoms with Crippen molar-refractivity contribution in [1.82, 2.24) is 15.1 Å². The van der Waals surface area contributed by atoms with Crippen LogP contribution < -0.4 is 24.3 Å². The number of carbonyl (C=O) groups is 2. The number of rotatable bonds is 6. The molecule has 2 aromatic rings. The molecule has 0 aromatic heterocycles. The molecule has 0 radical (unpaired) electrons. The number of amides is 1. The van der Waals surface area contributed by atoms with Gasteiger partial charge in [-0.15, -0.1) is 0 Å². The summed E-state index contributed by atoms with van der Waals surface area (Å²) in [5, 5.41) is 25.4. The van der Waals surface area contributed by atoms with Gasteiger partial charge in [0.2, 0.25) is 12.7 Å². The number of nitrogens with zero attached hydrogens (tertiary/aromatic N) is 3. The van der Waals surface area contributed by atoms with Gasteiger partial charge in [-0.2, -0.15) is 5.26 Å². The summed E-state index contributed by atoms with van der Waals surface area (Å²) in [6, 6.07) is 2.81. The lowest BCUT2D eigenvalue weighted by molar-refractivity contribution is -0.132. The topological polar surface area (TPSA) is 134 Å². The molecular formula is C32H38N4O7. The highest BCUT2D eigenvalue weighted by Gasteiger charge is 2.56. The number of nitrogens with one attached hydrogen (secondary N) is 1. The van der Waals surface area contributed by atoms with Crippen molar-refractivity contribution in [2.45, 2.75) is 83.6 Å². The van der Waals surface area contributed by atoms with E-state index in [0.29, 0.717) is 54.2 Å². The van der Waals surface area contributed by atoms with Gasteiger partial charge in [-0.3, -0.25) is 19.4 Å². The molecule has 1 saturated heterocycles. The summed E-state index contributed by atoms with van der Waals surface area (Å²) in [6.07, 6.45) is 2.05. The second kappa shape index (κ2) is 10.9. The Kier molecular flexibility index (Phi) is 7.39. The molecule has 2 bridgehead atoms. The van der Waals surface area contributed by atoms with Crippen LogP contribution in [-0.4, -0.2) is 72.4 Å². The van der Waals surface area contributed by atoms with Crippen molar-refractivity contribution in [3.63, 3.8) is 0 Å². The number of hydrogen-bond acceptors (Lipinski definition) is 10. The normalized spacial score (nSPS) is 25.2. The number of phenols is 1. The minimum atomic E-state index is -0.540. The molecule has 43 heavy (non-hydrogen) atoms. The Balaban J connectivity index is 1.60. The fraction of sp³-hybridized carbons (Fsp3) is 0.531. The molecule has 1 amide bonds. The van der Waals surface area contributed by atoms with E-state index in [1.165, 1.54) is 6.92 Å². The number of esters is 1. The number of benzene rings is 2. The summed E-state index contributed by atoms with van der Waals surface area (Å²) < 4.78 is 23.4. The second-order valence-electron chi connectivity index (χ2n) is 11.9. The third-order valence-electron chi connectivity index (χ3n) is 9.48. The van der Waals surface area contributed by atoms with E-state index in [1.54, 1.807) is 7.11 Å². The van der Waals surface area contributed by atoms with Gasteiger partial charge >= 0.3 is 5.97 Å². The van der Waals surface area contributed by atoms with E-state index >= 15 is 0 Å². The maximum absolute atomic E-state index is 12.8. The summed E-state index contributed by atoms with van der Waals surface area (Å²) in [5.41, 5.74) is 4.80. The Morgan fingerprint density at radius 3 is 2.58 bits per heavy atom. The molecule has 2 N–H and O–H groups in total. The van der Waals surface area contributed by atoms with Gasteiger partial charge in [0.1, 0.15) is 11.8 Å². The average Bonchev–Trinajstić information content (AvgIpc) is 3.45. The number of nitriles is 1. The van der Waals surface area contributed by atoms with Crippen molar-refractivity contribution < 1.29 is 33.6 Å². The highest BCUT2D eigenvalue weighted by atomic mass is 16.7. The maximum Gasteiger partial charge on any atom is 0.308 e. The van der Waals surface area contributed by atoms with E-state index in [2.05, 4.69) is 27.3 Å². The lowest BCUT2D eigenvalue weighted by Gasteiger charge is -2.60. The number of aromatic hydroxyl groups is 1. The number of fused-ring (bicyclic) bond motifs is 9. The first-order valence-electron chi connectivity index (χ1n) is 14.8. The van der Waals surface area contributed by atoms with Crippen LogP contribution in [0.1, 0.15) is 72.2 Å². The first-order valence-corrected chi connectivity index (χ1v) is 14.8. The molecule has 4 heterocycles. The number of aryl methyl sites for hydroxylation is 1. The van der Waals surface area contributed by atoms with Crippen LogP contribution >= 0.6 is 0 Å². The second-order valence-corrected chi connectivity index (χ2v) is 11.9. The fourth-order valence-electron chi connectivity index (χ4n) is 7.84. The number of ether oxygens (including phenoxy) is 4. The van der Waals surface area contributed by atoms with Gasteiger partial charge < -0.3 is 29.4 Å². The third kappa shape index (κ3) is 4.38. The molecule has 228 valence electrons. The number of methoxy groups -OCH3 is 1. The highest BCUT2D eigenvalue weighted by molar-refractivity contribution is 5.76. The number of phenolic OH excluding ortho intramolecular Hbond substituents is 1. The minimum Gasteiger partial charge on any atom is -0.504 e. The van der Waals surface area contributed by atoms with Crippen LogP contribution in [0.4, 0.5) is 0 Å². The summed E-state index contributed by atoms with van der Waals surface area (Å²) in [6.45, 7) is 7.29. The van der Waals surface area contributed by atoms with Crippen molar-refractivity contribution in [3.05, 3.63) is 39.4 Å². The quantitative estimate of drug-likeness (QED) is 0.381. The lowest BCUT2D eigenvalue weighted by atomic mass is 9.71. The highest BCUT2D eigenvalue weighted by Crippen LogP contribution is 2.58. The average molecular weight is 591 g/mol. The molecule has 0 spiro atoms. The SMILES string of the molecule is CCCC(=O)NC[C@H]1c2c(c(OC(C)=O)c(C)c3c2OCO3)CC2C3c4c(cc(C)c(OC)c4O)C[C@@H]([C@H](C#N)N21)N3C. The van der Waals surface area contributed by atoms with Gasteiger partial charge in [-0.25, -0.2) is 0 Å². The molecule has 1 fully saturated rings. The molecule has 11 heteroatoms. The zero-order valence-corrected chi connectivity index (χ0v) is 25.4. The van der Waals surface area contributed by atoms with E-state index in [0.717, 1.165) is 27.8 Å². The van der Waals surface area contributed by atoms with Gasteiger partial charge in [0.25, 0.3) is 0 Å².